The van der Waals surface area contributed by atoms with Crippen molar-refractivity contribution in [3.05, 3.63) is 5.82 Å². The van der Waals surface area contributed by atoms with E-state index >= 15 is 0 Å². The summed E-state index contributed by atoms with van der Waals surface area (Å²) in [5.41, 5.74) is 5.98. The first-order valence-corrected chi connectivity index (χ1v) is 8.12. The van der Waals surface area contributed by atoms with Crippen LogP contribution in [0.4, 0.5) is 5.95 Å². The average molecular weight is 279 g/mol. The fraction of sp³-hybridized carbons (Fsp3) is 0.867. The molecule has 1 aliphatic rings. The Balaban J connectivity index is 1.78. The maximum absolute atomic E-state index is 5.98. The van der Waals surface area contributed by atoms with Crippen molar-refractivity contribution in [3.63, 3.8) is 0 Å². The summed E-state index contributed by atoms with van der Waals surface area (Å²) in [6.45, 7) is 6.40. The minimum atomic E-state index is 0.304. The molecule has 0 aliphatic carbocycles. The summed E-state index contributed by atoms with van der Waals surface area (Å²) < 4.78 is 0. The number of hydrogen-bond donors (Lipinski definition) is 2. The van der Waals surface area contributed by atoms with Gasteiger partial charge in [-0.05, 0) is 32.1 Å². The number of nitrogens with zero attached hydrogens (tertiary/aromatic N) is 3. The van der Waals surface area contributed by atoms with Gasteiger partial charge in [-0.1, -0.05) is 26.2 Å². The summed E-state index contributed by atoms with van der Waals surface area (Å²) in [6.07, 6.45) is 8.39. The number of hydrogen-bond acceptors (Lipinski definition) is 4. The Morgan fingerprint density at radius 3 is 2.70 bits per heavy atom. The largest absolute Gasteiger partial charge is 0.340 e. The van der Waals surface area contributed by atoms with E-state index in [1.807, 2.05) is 0 Å². The predicted molar refractivity (Wildman–Crippen MR) is 82.8 cm³/mol. The maximum atomic E-state index is 5.98. The summed E-state index contributed by atoms with van der Waals surface area (Å²) in [7, 11) is 0. The number of nitrogens with two attached hydrogens (primary N) is 1. The number of nitrogens with one attached hydrogen (secondary N) is 1. The highest BCUT2D eigenvalue weighted by Gasteiger charge is 2.23. The highest BCUT2D eigenvalue weighted by molar-refractivity contribution is 5.29. The molecule has 114 valence electrons. The molecule has 3 N–H and O–H groups in total. The highest BCUT2D eigenvalue weighted by Crippen LogP contribution is 2.22. The van der Waals surface area contributed by atoms with Gasteiger partial charge in [-0.25, -0.2) is 0 Å². The van der Waals surface area contributed by atoms with Crippen LogP contribution in [0.25, 0.3) is 0 Å². The van der Waals surface area contributed by atoms with Crippen molar-refractivity contribution in [1.29, 1.82) is 0 Å². The van der Waals surface area contributed by atoms with Crippen molar-refractivity contribution in [1.82, 2.24) is 15.2 Å². The van der Waals surface area contributed by atoms with Crippen LogP contribution in [0.15, 0.2) is 0 Å². The molecule has 1 aromatic heterocycles. The van der Waals surface area contributed by atoms with Crippen molar-refractivity contribution in [2.75, 3.05) is 18.0 Å². The van der Waals surface area contributed by atoms with Crippen LogP contribution in [0.2, 0.25) is 0 Å². The minimum absolute atomic E-state index is 0.304. The first-order valence-electron chi connectivity index (χ1n) is 8.12. The molecule has 1 atom stereocenters. The third-order valence-electron chi connectivity index (χ3n) is 4.35. The van der Waals surface area contributed by atoms with Crippen LogP contribution >= 0.6 is 0 Å². The van der Waals surface area contributed by atoms with Crippen molar-refractivity contribution >= 4 is 5.95 Å². The Hall–Kier alpha value is -1.10. The van der Waals surface area contributed by atoms with Gasteiger partial charge in [0.1, 0.15) is 5.82 Å². The van der Waals surface area contributed by atoms with Crippen LogP contribution in [0.3, 0.4) is 0 Å². The zero-order valence-corrected chi connectivity index (χ0v) is 12.9. The first-order chi connectivity index (χ1) is 9.70. The molecule has 20 heavy (non-hydrogen) atoms. The van der Waals surface area contributed by atoms with Crippen LogP contribution in [0, 0.1) is 5.92 Å². The SMILES string of the molecule is CCCCCCc1nc(N2CCC(C(C)N)CC2)n[nH]1. The molecular formula is C15H29N5. The van der Waals surface area contributed by atoms with Crippen molar-refractivity contribution < 1.29 is 0 Å². The van der Waals surface area contributed by atoms with Crippen molar-refractivity contribution in [3.8, 4) is 0 Å². The molecule has 2 heterocycles. The van der Waals surface area contributed by atoms with Gasteiger partial charge >= 0.3 is 0 Å². The van der Waals surface area contributed by atoms with Crippen LogP contribution in [0.5, 0.6) is 0 Å². The van der Waals surface area contributed by atoms with Gasteiger partial charge in [-0.15, -0.1) is 5.10 Å². The Morgan fingerprint density at radius 2 is 2.05 bits per heavy atom. The lowest BCUT2D eigenvalue weighted by Crippen LogP contribution is -2.40. The number of unbranched alkanes of at least 4 members (excludes halogenated alkanes) is 3. The lowest BCUT2D eigenvalue weighted by atomic mass is 9.91. The second-order valence-corrected chi connectivity index (χ2v) is 6.08. The Bertz CT molecular complexity index is 379. The molecule has 0 radical (unpaired) electrons. The molecule has 5 heteroatoms. The van der Waals surface area contributed by atoms with E-state index in [0.29, 0.717) is 12.0 Å². The monoisotopic (exact) mass is 279 g/mol. The maximum Gasteiger partial charge on any atom is 0.244 e. The Kier molecular flexibility index (Phi) is 5.83. The van der Waals surface area contributed by atoms with Gasteiger partial charge in [0.15, 0.2) is 0 Å². The molecule has 1 unspecified atom stereocenters. The van der Waals surface area contributed by atoms with E-state index in [4.69, 9.17) is 5.73 Å². The van der Waals surface area contributed by atoms with Crippen LogP contribution in [-0.4, -0.2) is 34.3 Å². The van der Waals surface area contributed by atoms with Crippen LogP contribution < -0.4 is 10.6 Å². The summed E-state index contributed by atoms with van der Waals surface area (Å²) in [4.78, 5) is 6.91. The molecule has 2 rings (SSSR count). The molecule has 0 amide bonds. The Labute approximate surface area is 122 Å². The summed E-state index contributed by atoms with van der Waals surface area (Å²) in [5, 5.41) is 7.45. The second-order valence-electron chi connectivity index (χ2n) is 6.08. The van der Waals surface area contributed by atoms with Crippen LogP contribution in [0.1, 0.15) is 58.2 Å². The summed E-state index contributed by atoms with van der Waals surface area (Å²) in [5.74, 6) is 2.56. The second kappa shape index (κ2) is 7.62. The molecule has 5 nitrogen and oxygen atoms in total. The minimum Gasteiger partial charge on any atom is -0.340 e. The van der Waals surface area contributed by atoms with E-state index in [-0.39, 0.29) is 0 Å². The molecule has 0 aromatic carbocycles. The molecule has 1 aromatic rings. The molecule has 0 saturated carbocycles. The fourth-order valence-electron chi connectivity index (χ4n) is 2.88. The molecule has 1 saturated heterocycles. The van der Waals surface area contributed by atoms with Crippen molar-refractivity contribution in [2.45, 2.75) is 64.8 Å². The van der Waals surface area contributed by atoms with E-state index < -0.39 is 0 Å². The third-order valence-corrected chi connectivity index (χ3v) is 4.35. The molecule has 0 spiro atoms. The summed E-state index contributed by atoms with van der Waals surface area (Å²) in [6, 6.07) is 0.304. The molecule has 1 fully saturated rings. The Morgan fingerprint density at radius 1 is 1.30 bits per heavy atom. The van der Waals surface area contributed by atoms with Gasteiger partial charge in [0.2, 0.25) is 5.95 Å². The predicted octanol–water partition coefficient (Wildman–Crippen LogP) is 2.49. The quantitative estimate of drug-likeness (QED) is 0.752. The van der Waals surface area contributed by atoms with Gasteiger partial charge in [0.05, 0.1) is 0 Å². The number of anilines is 1. The van der Waals surface area contributed by atoms with E-state index in [0.717, 1.165) is 44.1 Å². The molecular weight excluding hydrogens is 250 g/mol. The van der Waals surface area contributed by atoms with Gasteiger partial charge < -0.3 is 10.6 Å². The van der Waals surface area contributed by atoms with E-state index in [1.54, 1.807) is 0 Å². The molecule has 1 aliphatic heterocycles. The zero-order valence-electron chi connectivity index (χ0n) is 12.9. The van der Waals surface area contributed by atoms with Gasteiger partial charge in [0.25, 0.3) is 0 Å². The van der Waals surface area contributed by atoms with Gasteiger partial charge in [0, 0.05) is 25.6 Å². The van der Waals surface area contributed by atoms with Gasteiger partial charge in [-0.2, -0.15) is 4.98 Å². The number of H-pyrrole nitrogens is 1. The number of aromatic nitrogens is 3. The van der Waals surface area contributed by atoms with E-state index in [2.05, 4.69) is 33.9 Å². The normalized spacial score (nSPS) is 18.4. The van der Waals surface area contributed by atoms with E-state index in [9.17, 15) is 0 Å². The lowest BCUT2D eigenvalue weighted by Gasteiger charge is -2.32. The van der Waals surface area contributed by atoms with E-state index in [1.165, 1.54) is 25.7 Å². The van der Waals surface area contributed by atoms with Gasteiger partial charge in [-0.3, -0.25) is 5.10 Å². The zero-order chi connectivity index (χ0) is 14.4. The van der Waals surface area contributed by atoms with Crippen LogP contribution in [-0.2, 0) is 6.42 Å². The number of rotatable bonds is 7. The lowest BCUT2D eigenvalue weighted by molar-refractivity contribution is 0.352. The topological polar surface area (TPSA) is 70.8 Å². The average Bonchev–Trinajstić information content (AvgIpc) is 2.92. The fourth-order valence-corrected chi connectivity index (χ4v) is 2.88. The third kappa shape index (κ3) is 4.20. The molecule has 0 bridgehead atoms. The standard InChI is InChI=1S/C15H29N5/c1-3-4-5-6-7-14-17-15(19-18-14)20-10-8-13(9-11-20)12(2)16/h12-13H,3-11,16H2,1-2H3,(H,17,18,19). The number of piperidine rings is 1. The first kappa shape index (κ1) is 15.3. The smallest absolute Gasteiger partial charge is 0.244 e. The number of aryl methyl sites for hydroxylation is 1. The number of aromatic amines is 1. The van der Waals surface area contributed by atoms with Crippen molar-refractivity contribution in [2.24, 2.45) is 11.7 Å². The highest BCUT2D eigenvalue weighted by atomic mass is 15.4. The summed E-state index contributed by atoms with van der Waals surface area (Å²) >= 11 is 0.